The topological polar surface area (TPSA) is 18.5 Å². The van der Waals surface area contributed by atoms with Crippen LogP contribution in [0.4, 0.5) is 0 Å². The van der Waals surface area contributed by atoms with Crippen molar-refractivity contribution in [2.45, 2.75) is 38.2 Å². The van der Waals surface area contributed by atoms with E-state index in [0.717, 1.165) is 39.1 Å². The zero-order chi connectivity index (χ0) is 9.36. The molecule has 0 aromatic carbocycles. The van der Waals surface area contributed by atoms with E-state index in [1.807, 2.05) is 6.08 Å². The predicted octanol–water partition coefficient (Wildman–Crippen LogP) is 2.54. The number of unbranched alkanes of at least 4 members (excludes halogenated alkanes) is 2. The molecular weight excluding hydrogens is 164 g/mol. The van der Waals surface area contributed by atoms with Gasteiger partial charge in [0.15, 0.2) is 0 Å². The van der Waals surface area contributed by atoms with Gasteiger partial charge < -0.3 is 9.47 Å². The summed E-state index contributed by atoms with van der Waals surface area (Å²) >= 11 is 0. The van der Waals surface area contributed by atoms with Crippen LogP contribution in [0.5, 0.6) is 0 Å². The predicted molar refractivity (Wildman–Crippen MR) is 53.8 cm³/mol. The summed E-state index contributed by atoms with van der Waals surface area (Å²) in [7, 11) is 0. The molecule has 1 atom stereocenters. The number of allylic oxidation sites excluding steroid dienone is 1. The Kier molecular flexibility index (Phi) is 5.87. The summed E-state index contributed by atoms with van der Waals surface area (Å²) in [5, 5.41) is 0. The summed E-state index contributed by atoms with van der Waals surface area (Å²) < 4.78 is 11.0. The lowest BCUT2D eigenvalue weighted by atomic mass is 10.2. The zero-order valence-electron chi connectivity index (χ0n) is 8.34. The third-order valence-electron chi connectivity index (χ3n) is 2.27. The Balaban J connectivity index is 1.89. The van der Waals surface area contributed by atoms with Gasteiger partial charge in [-0.2, -0.15) is 0 Å². The summed E-state index contributed by atoms with van der Waals surface area (Å²) in [6.45, 7) is 6.27. The van der Waals surface area contributed by atoms with Gasteiger partial charge in [0.05, 0.1) is 12.7 Å². The van der Waals surface area contributed by atoms with Crippen LogP contribution in [0.15, 0.2) is 12.7 Å². The van der Waals surface area contributed by atoms with E-state index in [0.29, 0.717) is 6.10 Å². The molecule has 0 aliphatic carbocycles. The average molecular weight is 184 g/mol. The van der Waals surface area contributed by atoms with Crippen LogP contribution in [0.2, 0.25) is 0 Å². The quantitative estimate of drug-likeness (QED) is 0.466. The van der Waals surface area contributed by atoms with Crippen molar-refractivity contribution in [1.82, 2.24) is 0 Å². The first kappa shape index (κ1) is 10.7. The molecule has 0 radical (unpaired) electrons. The summed E-state index contributed by atoms with van der Waals surface area (Å²) in [4.78, 5) is 0. The molecule has 1 rings (SSSR count). The van der Waals surface area contributed by atoms with Crippen LogP contribution in [0.25, 0.3) is 0 Å². The van der Waals surface area contributed by atoms with Crippen molar-refractivity contribution in [3.63, 3.8) is 0 Å². The van der Waals surface area contributed by atoms with Crippen molar-refractivity contribution in [2.24, 2.45) is 0 Å². The highest BCUT2D eigenvalue weighted by Crippen LogP contribution is 2.10. The van der Waals surface area contributed by atoms with Crippen molar-refractivity contribution in [3.8, 4) is 0 Å². The van der Waals surface area contributed by atoms with Gasteiger partial charge in [0.1, 0.15) is 0 Å². The van der Waals surface area contributed by atoms with Crippen molar-refractivity contribution in [2.75, 3.05) is 19.8 Å². The van der Waals surface area contributed by atoms with Crippen LogP contribution < -0.4 is 0 Å². The molecule has 1 saturated heterocycles. The standard InChI is InChI=1S/C11H20O2/c1-2-3-4-5-9-13-11-7-6-8-12-10-11/h2,11H,1,3-10H2. The molecule has 2 nitrogen and oxygen atoms in total. The van der Waals surface area contributed by atoms with Crippen molar-refractivity contribution in [3.05, 3.63) is 12.7 Å². The summed E-state index contributed by atoms with van der Waals surface area (Å²) in [6.07, 6.45) is 8.07. The van der Waals surface area contributed by atoms with Crippen molar-refractivity contribution < 1.29 is 9.47 Å². The summed E-state index contributed by atoms with van der Waals surface area (Å²) in [6, 6.07) is 0. The zero-order valence-corrected chi connectivity index (χ0v) is 8.34. The van der Waals surface area contributed by atoms with E-state index in [2.05, 4.69) is 6.58 Å². The molecule has 2 heteroatoms. The van der Waals surface area contributed by atoms with E-state index in [1.54, 1.807) is 0 Å². The fourth-order valence-electron chi connectivity index (χ4n) is 1.48. The van der Waals surface area contributed by atoms with Gasteiger partial charge in [0.25, 0.3) is 0 Å². The number of hydrogen-bond donors (Lipinski definition) is 0. The van der Waals surface area contributed by atoms with Crippen LogP contribution in [-0.4, -0.2) is 25.9 Å². The second-order valence-electron chi connectivity index (χ2n) is 3.49. The largest absolute Gasteiger partial charge is 0.379 e. The van der Waals surface area contributed by atoms with Gasteiger partial charge in [-0.25, -0.2) is 0 Å². The van der Waals surface area contributed by atoms with Gasteiger partial charge in [0, 0.05) is 13.2 Å². The Morgan fingerprint density at radius 3 is 3.08 bits per heavy atom. The average Bonchev–Trinajstić information content (AvgIpc) is 2.19. The lowest BCUT2D eigenvalue weighted by molar-refractivity contribution is -0.0505. The molecule has 13 heavy (non-hydrogen) atoms. The van der Waals surface area contributed by atoms with E-state index in [1.165, 1.54) is 12.8 Å². The maximum absolute atomic E-state index is 5.67. The Labute approximate surface area is 80.9 Å². The third-order valence-corrected chi connectivity index (χ3v) is 2.27. The highest BCUT2D eigenvalue weighted by molar-refractivity contribution is 4.66. The van der Waals surface area contributed by atoms with E-state index in [9.17, 15) is 0 Å². The second-order valence-corrected chi connectivity index (χ2v) is 3.49. The highest BCUT2D eigenvalue weighted by atomic mass is 16.5. The normalized spacial score (nSPS) is 22.9. The SMILES string of the molecule is C=CCCCCOC1CCCOC1. The van der Waals surface area contributed by atoms with Gasteiger partial charge >= 0.3 is 0 Å². The lowest BCUT2D eigenvalue weighted by Gasteiger charge is -2.22. The summed E-state index contributed by atoms with van der Waals surface area (Å²) in [5.74, 6) is 0. The molecule has 0 aromatic heterocycles. The molecule has 76 valence electrons. The fraction of sp³-hybridized carbons (Fsp3) is 0.818. The maximum Gasteiger partial charge on any atom is 0.0809 e. The molecule has 1 unspecified atom stereocenters. The van der Waals surface area contributed by atoms with Crippen LogP contribution in [0.3, 0.4) is 0 Å². The summed E-state index contributed by atoms with van der Waals surface area (Å²) in [5.41, 5.74) is 0. The van der Waals surface area contributed by atoms with Gasteiger partial charge in [-0.05, 0) is 32.1 Å². The molecule has 1 aliphatic rings. The van der Waals surface area contributed by atoms with Crippen molar-refractivity contribution >= 4 is 0 Å². The first-order valence-corrected chi connectivity index (χ1v) is 5.23. The van der Waals surface area contributed by atoms with Gasteiger partial charge in [-0.1, -0.05) is 6.08 Å². The molecular formula is C11H20O2. The molecule has 1 aliphatic heterocycles. The van der Waals surface area contributed by atoms with Crippen molar-refractivity contribution in [1.29, 1.82) is 0 Å². The van der Waals surface area contributed by atoms with E-state index in [-0.39, 0.29) is 0 Å². The Hall–Kier alpha value is -0.340. The highest BCUT2D eigenvalue weighted by Gasteiger charge is 2.13. The minimum atomic E-state index is 0.359. The molecule has 0 bridgehead atoms. The number of rotatable bonds is 6. The first-order chi connectivity index (χ1) is 6.43. The van der Waals surface area contributed by atoms with Gasteiger partial charge in [-0.3, -0.25) is 0 Å². The maximum atomic E-state index is 5.67. The molecule has 0 amide bonds. The fourth-order valence-corrected chi connectivity index (χ4v) is 1.48. The smallest absolute Gasteiger partial charge is 0.0809 e. The molecule has 1 fully saturated rings. The van der Waals surface area contributed by atoms with E-state index >= 15 is 0 Å². The minimum Gasteiger partial charge on any atom is -0.379 e. The second kappa shape index (κ2) is 7.10. The molecule has 0 aromatic rings. The lowest BCUT2D eigenvalue weighted by Crippen LogP contribution is -2.25. The van der Waals surface area contributed by atoms with Gasteiger partial charge in [0.2, 0.25) is 0 Å². The number of ether oxygens (including phenoxy) is 2. The monoisotopic (exact) mass is 184 g/mol. The Bertz CT molecular complexity index is 128. The molecule has 0 N–H and O–H groups in total. The van der Waals surface area contributed by atoms with Gasteiger partial charge in [-0.15, -0.1) is 6.58 Å². The Morgan fingerprint density at radius 1 is 1.46 bits per heavy atom. The molecule has 0 saturated carbocycles. The molecule has 1 heterocycles. The van der Waals surface area contributed by atoms with Crippen LogP contribution in [-0.2, 0) is 9.47 Å². The van der Waals surface area contributed by atoms with E-state index < -0.39 is 0 Å². The minimum absolute atomic E-state index is 0.359. The first-order valence-electron chi connectivity index (χ1n) is 5.23. The van der Waals surface area contributed by atoms with Crippen LogP contribution in [0, 0.1) is 0 Å². The van der Waals surface area contributed by atoms with E-state index in [4.69, 9.17) is 9.47 Å². The Morgan fingerprint density at radius 2 is 2.38 bits per heavy atom. The molecule has 0 spiro atoms. The third kappa shape index (κ3) is 5.06. The number of hydrogen-bond acceptors (Lipinski definition) is 2. The van der Waals surface area contributed by atoms with Crippen LogP contribution in [0.1, 0.15) is 32.1 Å². The van der Waals surface area contributed by atoms with Crippen LogP contribution >= 0.6 is 0 Å².